The number of benzene rings is 2. The number of ether oxygens (including phenoxy) is 3. The zero-order chi connectivity index (χ0) is 22.4. The molecule has 1 saturated heterocycles. The molecule has 3 rings (SSSR count). The molecule has 1 heterocycles. The van der Waals surface area contributed by atoms with Crippen LogP contribution >= 0.6 is 11.6 Å². The lowest BCUT2D eigenvalue weighted by molar-refractivity contribution is -0.127. The molecule has 7 nitrogen and oxygen atoms in total. The van der Waals surface area contributed by atoms with Crippen molar-refractivity contribution in [1.82, 2.24) is 9.80 Å². The zero-order valence-corrected chi connectivity index (χ0v) is 18.5. The van der Waals surface area contributed by atoms with Crippen molar-refractivity contribution in [3.05, 3.63) is 58.6 Å². The predicted molar refractivity (Wildman–Crippen MR) is 119 cm³/mol. The first-order valence-corrected chi connectivity index (χ1v) is 10.2. The van der Waals surface area contributed by atoms with Crippen LogP contribution in [0.15, 0.2) is 42.5 Å². The SMILES string of the molecule is COc1ccc(C(=O)N2CCN(C(=O)/C=C/c3cc(Cl)c(OC)c(OC)c3)CC2)cc1. The van der Waals surface area contributed by atoms with Crippen molar-refractivity contribution in [3.63, 3.8) is 0 Å². The fraction of sp³-hybridized carbons (Fsp3) is 0.304. The van der Waals surface area contributed by atoms with Crippen LogP contribution in [0.2, 0.25) is 5.02 Å². The topological polar surface area (TPSA) is 68.3 Å². The van der Waals surface area contributed by atoms with E-state index in [9.17, 15) is 9.59 Å². The molecule has 2 amide bonds. The van der Waals surface area contributed by atoms with Crippen molar-refractivity contribution in [2.45, 2.75) is 0 Å². The normalized spacial score (nSPS) is 13.9. The van der Waals surface area contributed by atoms with Crippen molar-refractivity contribution in [1.29, 1.82) is 0 Å². The molecule has 0 aliphatic carbocycles. The number of methoxy groups -OCH3 is 3. The summed E-state index contributed by atoms with van der Waals surface area (Å²) in [5, 5.41) is 0.402. The number of nitrogens with zero attached hydrogens (tertiary/aromatic N) is 2. The molecule has 1 aliphatic rings. The van der Waals surface area contributed by atoms with Crippen molar-refractivity contribution in [2.75, 3.05) is 47.5 Å². The monoisotopic (exact) mass is 444 g/mol. The van der Waals surface area contributed by atoms with Gasteiger partial charge in [0.15, 0.2) is 11.5 Å². The number of hydrogen-bond donors (Lipinski definition) is 0. The van der Waals surface area contributed by atoms with Gasteiger partial charge in [0, 0.05) is 37.8 Å². The van der Waals surface area contributed by atoms with Gasteiger partial charge in [-0.2, -0.15) is 0 Å². The molecule has 31 heavy (non-hydrogen) atoms. The molecule has 164 valence electrons. The quantitative estimate of drug-likeness (QED) is 0.639. The average molecular weight is 445 g/mol. The molecule has 0 saturated carbocycles. The van der Waals surface area contributed by atoms with Crippen LogP contribution in [0.1, 0.15) is 15.9 Å². The largest absolute Gasteiger partial charge is 0.497 e. The highest BCUT2D eigenvalue weighted by atomic mass is 35.5. The Kier molecular flexibility index (Phi) is 7.41. The maximum absolute atomic E-state index is 12.7. The molecule has 0 bridgehead atoms. The van der Waals surface area contributed by atoms with Crippen LogP contribution in [0.25, 0.3) is 6.08 Å². The van der Waals surface area contributed by atoms with Gasteiger partial charge in [0.25, 0.3) is 5.91 Å². The van der Waals surface area contributed by atoms with E-state index in [1.54, 1.807) is 59.4 Å². The Bertz CT molecular complexity index is 967. The van der Waals surface area contributed by atoms with E-state index in [-0.39, 0.29) is 11.8 Å². The molecule has 0 aromatic heterocycles. The number of hydrogen-bond acceptors (Lipinski definition) is 5. The van der Waals surface area contributed by atoms with E-state index in [1.165, 1.54) is 20.3 Å². The fourth-order valence-corrected chi connectivity index (χ4v) is 3.65. The first kappa shape index (κ1) is 22.5. The number of halogens is 1. The van der Waals surface area contributed by atoms with Crippen molar-refractivity contribution >= 4 is 29.5 Å². The Balaban J connectivity index is 1.58. The second-order valence-corrected chi connectivity index (χ2v) is 7.32. The third-order valence-corrected chi connectivity index (χ3v) is 5.37. The number of rotatable bonds is 6. The van der Waals surface area contributed by atoms with E-state index >= 15 is 0 Å². The van der Waals surface area contributed by atoms with Crippen molar-refractivity contribution in [3.8, 4) is 17.2 Å². The molecule has 1 aliphatic heterocycles. The van der Waals surface area contributed by atoms with Crippen molar-refractivity contribution in [2.24, 2.45) is 0 Å². The number of amides is 2. The fourth-order valence-electron chi connectivity index (χ4n) is 3.35. The van der Waals surface area contributed by atoms with Gasteiger partial charge in [-0.3, -0.25) is 9.59 Å². The van der Waals surface area contributed by atoms with Crippen LogP contribution in [0.4, 0.5) is 0 Å². The van der Waals surface area contributed by atoms with Gasteiger partial charge in [-0.1, -0.05) is 11.6 Å². The highest BCUT2D eigenvalue weighted by Gasteiger charge is 2.24. The lowest BCUT2D eigenvalue weighted by atomic mass is 10.1. The van der Waals surface area contributed by atoms with Crippen LogP contribution in [-0.4, -0.2) is 69.1 Å². The third-order valence-electron chi connectivity index (χ3n) is 5.09. The molecule has 2 aromatic carbocycles. The van der Waals surface area contributed by atoms with Gasteiger partial charge in [0.05, 0.1) is 26.4 Å². The minimum atomic E-state index is -0.123. The van der Waals surface area contributed by atoms with Crippen molar-refractivity contribution < 1.29 is 23.8 Å². The van der Waals surface area contributed by atoms with E-state index in [4.69, 9.17) is 25.8 Å². The number of carbonyl (C=O) groups excluding carboxylic acids is 2. The summed E-state index contributed by atoms with van der Waals surface area (Å²) in [7, 11) is 4.63. The molecule has 1 fully saturated rings. The molecular formula is C23H25ClN2O5. The first-order valence-electron chi connectivity index (χ1n) is 9.78. The van der Waals surface area contributed by atoms with Gasteiger partial charge in [-0.15, -0.1) is 0 Å². The maximum atomic E-state index is 12.7. The number of carbonyl (C=O) groups is 2. The summed E-state index contributed by atoms with van der Waals surface area (Å²) in [5.41, 5.74) is 1.33. The molecule has 0 atom stereocenters. The lowest BCUT2D eigenvalue weighted by Gasteiger charge is -2.34. The Morgan fingerprint density at radius 2 is 1.55 bits per heavy atom. The summed E-state index contributed by atoms with van der Waals surface area (Å²) in [6.45, 7) is 1.90. The van der Waals surface area contributed by atoms with Gasteiger partial charge in [-0.05, 0) is 48.0 Å². The summed E-state index contributed by atoms with van der Waals surface area (Å²) >= 11 is 6.21. The second kappa shape index (κ2) is 10.2. The van der Waals surface area contributed by atoms with Gasteiger partial charge in [0.2, 0.25) is 5.91 Å². The smallest absolute Gasteiger partial charge is 0.253 e. The number of piperazine rings is 1. The van der Waals surface area contributed by atoms with E-state index < -0.39 is 0 Å². The molecule has 2 aromatic rings. The lowest BCUT2D eigenvalue weighted by Crippen LogP contribution is -2.50. The van der Waals surface area contributed by atoms with Gasteiger partial charge in [0.1, 0.15) is 5.75 Å². The van der Waals surface area contributed by atoms with E-state index in [2.05, 4.69) is 0 Å². The Hall–Kier alpha value is -3.19. The summed E-state index contributed by atoms with van der Waals surface area (Å²) in [5.74, 6) is 1.47. The predicted octanol–water partition coefficient (Wildman–Crippen LogP) is 3.36. The first-order chi connectivity index (χ1) is 15.0. The summed E-state index contributed by atoms with van der Waals surface area (Å²) in [6, 6.07) is 10.5. The van der Waals surface area contributed by atoms with Crippen LogP contribution in [0, 0.1) is 0 Å². The highest BCUT2D eigenvalue weighted by Crippen LogP contribution is 2.36. The minimum absolute atomic E-state index is 0.0507. The Morgan fingerprint density at radius 3 is 2.13 bits per heavy atom. The zero-order valence-electron chi connectivity index (χ0n) is 17.8. The summed E-state index contributed by atoms with van der Waals surface area (Å²) in [4.78, 5) is 28.7. The summed E-state index contributed by atoms with van der Waals surface area (Å²) < 4.78 is 15.6. The molecule has 0 spiro atoms. The molecule has 0 radical (unpaired) electrons. The second-order valence-electron chi connectivity index (χ2n) is 6.92. The van der Waals surface area contributed by atoms with E-state index in [1.807, 2.05) is 0 Å². The average Bonchev–Trinajstić information content (AvgIpc) is 2.81. The minimum Gasteiger partial charge on any atom is -0.497 e. The van der Waals surface area contributed by atoms with Gasteiger partial charge >= 0.3 is 0 Å². The van der Waals surface area contributed by atoms with E-state index in [0.717, 1.165) is 5.56 Å². The molecule has 0 unspecified atom stereocenters. The Labute approximate surface area is 186 Å². The van der Waals surface area contributed by atoms with Crippen LogP contribution in [0.5, 0.6) is 17.2 Å². The standard InChI is InChI=1S/C23H25ClN2O5/c1-29-18-7-5-17(6-8-18)23(28)26-12-10-25(11-13-26)21(27)9-4-16-14-19(24)22(31-3)20(15-16)30-2/h4-9,14-15H,10-13H2,1-3H3/b9-4+. The molecular weight excluding hydrogens is 420 g/mol. The Morgan fingerprint density at radius 1 is 0.903 bits per heavy atom. The maximum Gasteiger partial charge on any atom is 0.253 e. The molecule has 0 N–H and O–H groups in total. The summed E-state index contributed by atoms with van der Waals surface area (Å²) in [6.07, 6.45) is 3.18. The van der Waals surface area contributed by atoms with Crippen LogP contribution < -0.4 is 14.2 Å². The van der Waals surface area contributed by atoms with E-state index in [0.29, 0.717) is 54.0 Å². The van der Waals surface area contributed by atoms with Gasteiger partial charge in [-0.25, -0.2) is 0 Å². The highest BCUT2D eigenvalue weighted by molar-refractivity contribution is 6.32. The van der Waals surface area contributed by atoms with Gasteiger partial charge < -0.3 is 24.0 Å². The molecule has 8 heteroatoms. The van der Waals surface area contributed by atoms with Crippen LogP contribution in [-0.2, 0) is 4.79 Å². The van der Waals surface area contributed by atoms with Crippen LogP contribution in [0.3, 0.4) is 0 Å². The third kappa shape index (κ3) is 5.30.